The Hall–Kier alpha value is -1.03. The summed E-state index contributed by atoms with van der Waals surface area (Å²) in [6.45, 7) is 0.877. The van der Waals surface area contributed by atoms with Gasteiger partial charge in [-0.05, 0) is 37.0 Å². The summed E-state index contributed by atoms with van der Waals surface area (Å²) in [7, 11) is 0. The van der Waals surface area contributed by atoms with Crippen LogP contribution in [0.3, 0.4) is 0 Å². The third kappa shape index (κ3) is 3.48. The standard InChI is InChI=1S/C14H18BrNO2/c15-11-6-7-13(12(8-11)14(17)18)16-9-10-4-2-1-3-5-10/h6-8,10,16H,1-5,9H2,(H,17,18). The van der Waals surface area contributed by atoms with Gasteiger partial charge in [0.05, 0.1) is 5.56 Å². The van der Waals surface area contributed by atoms with Crippen LogP contribution in [0.2, 0.25) is 0 Å². The van der Waals surface area contributed by atoms with Gasteiger partial charge in [-0.2, -0.15) is 0 Å². The largest absolute Gasteiger partial charge is 0.478 e. The number of anilines is 1. The van der Waals surface area contributed by atoms with E-state index in [-0.39, 0.29) is 0 Å². The first kappa shape index (κ1) is 13.4. The van der Waals surface area contributed by atoms with E-state index in [1.54, 1.807) is 6.07 Å². The van der Waals surface area contributed by atoms with Crippen molar-refractivity contribution in [2.24, 2.45) is 5.92 Å². The molecule has 4 heteroatoms. The minimum atomic E-state index is -0.887. The zero-order valence-electron chi connectivity index (χ0n) is 10.3. The molecule has 1 aromatic carbocycles. The summed E-state index contributed by atoms with van der Waals surface area (Å²) in [5.74, 6) is -0.202. The van der Waals surface area contributed by atoms with Crippen molar-refractivity contribution in [2.75, 3.05) is 11.9 Å². The summed E-state index contributed by atoms with van der Waals surface area (Å²) < 4.78 is 0.795. The van der Waals surface area contributed by atoms with Crippen LogP contribution in [0.5, 0.6) is 0 Å². The van der Waals surface area contributed by atoms with Gasteiger partial charge >= 0.3 is 5.97 Å². The molecule has 0 amide bonds. The second kappa shape index (κ2) is 6.23. The van der Waals surface area contributed by atoms with Crippen molar-refractivity contribution in [1.29, 1.82) is 0 Å². The Morgan fingerprint density at radius 1 is 1.33 bits per heavy atom. The van der Waals surface area contributed by atoms with Gasteiger partial charge in [-0.15, -0.1) is 0 Å². The van der Waals surface area contributed by atoms with Gasteiger partial charge in [-0.3, -0.25) is 0 Å². The van der Waals surface area contributed by atoms with Gasteiger partial charge in [0.15, 0.2) is 0 Å². The normalized spacial score (nSPS) is 16.5. The van der Waals surface area contributed by atoms with E-state index in [9.17, 15) is 4.79 Å². The number of carboxylic acids is 1. The first-order valence-electron chi connectivity index (χ1n) is 6.43. The van der Waals surface area contributed by atoms with Crippen molar-refractivity contribution in [1.82, 2.24) is 0 Å². The maximum Gasteiger partial charge on any atom is 0.337 e. The highest BCUT2D eigenvalue weighted by atomic mass is 79.9. The zero-order chi connectivity index (χ0) is 13.0. The molecule has 2 rings (SSSR count). The fourth-order valence-corrected chi connectivity index (χ4v) is 2.85. The summed E-state index contributed by atoms with van der Waals surface area (Å²) in [5.41, 5.74) is 1.05. The predicted molar refractivity (Wildman–Crippen MR) is 76.2 cm³/mol. The molecule has 98 valence electrons. The van der Waals surface area contributed by atoms with Gasteiger partial charge in [-0.25, -0.2) is 4.79 Å². The minimum absolute atomic E-state index is 0.334. The van der Waals surface area contributed by atoms with E-state index in [4.69, 9.17) is 5.11 Å². The van der Waals surface area contributed by atoms with Crippen molar-refractivity contribution in [3.63, 3.8) is 0 Å². The molecule has 1 fully saturated rings. The van der Waals surface area contributed by atoms with Crippen molar-refractivity contribution < 1.29 is 9.90 Å². The van der Waals surface area contributed by atoms with Gasteiger partial charge in [0.1, 0.15) is 0 Å². The summed E-state index contributed by atoms with van der Waals surface area (Å²) in [5, 5.41) is 12.5. The van der Waals surface area contributed by atoms with E-state index < -0.39 is 5.97 Å². The van der Waals surface area contributed by atoms with Crippen LogP contribution < -0.4 is 5.32 Å². The number of hydrogen-bond donors (Lipinski definition) is 2. The van der Waals surface area contributed by atoms with Crippen LogP contribution in [0, 0.1) is 5.92 Å². The quantitative estimate of drug-likeness (QED) is 0.878. The van der Waals surface area contributed by atoms with Crippen LogP contribution in [0.4, 0.5) is 5.69 Å². The van der Waals surface area contributed by atoms with Crippen LogP contribution in [-0.4, -0.2) is 17.6 Å². The number of carbonyl (C=O) groups is 1. The molecule has 0 radical (unpaired) electrons. The molecule has 0 bridgehead atoms. The fraction of sp³-hybridized carbons (Fsp3) is 0.500. The monoisotopic (exact) mass is 311 g/mol. The molecule has 3 nitrogen and oxygen atoms in total. The summed E-state index contributed by atoms with van der Waals surface area (Å²) in [4.78, 5) is 11.2. The average molecular weight is 312 g/mol. The van der Waals surface area contributed by atoms with Gasteiger partial charge < -0.3 is 10.4 Å². The molecular weight excluding hydrogens is 294 g/mol. The van der Waals surface area contributed by atoms with Crippen molar-refractivity contribution in [3.05, 3.63) is 28.2 Å². The van der Waals surface area contributed by atoms with Crippen LogP contribution >= 0.6 is 15.9 Å². The second-order valence-electron chi connectivity index (χ2n) is 4.88. The molecule has 0 saturated heterocycles. The fourth-order valence-electron chi connectivity index (χ4n) is 2.49. The molecule has 0 aromatic heterocycles. The number of carboxylic acid groups (broad SMARTS) is 1. The number of nitrogens with one attached hydrogen (secondary N) is 1. The smallest absolute Gasteiger partial charge is 0.337 e. The minimum Gasteiger partial charge on any atom is -0.478 e. The van der Waals surface area contributed by atoms with E-state index in [1.165, 1.54) is 32.1 Å². The number of benzene rings is 1. The van der Waals surface area contributed by atoms with E-state index in [0.717, 1.165) is 16.7 Å². The number of aromatic carboxylic acids is 1. The highest BCUT2D eigenvalue weighted by Crippen LogP contribution is 2.26. The van der Waals surface area contributed by atoms with E-state index >= 15 is 0 Å². The predicted octanol–water partition coefficient (Wildman–Crippen LogP) is 4.14. The van der Waals surface area contributed by atoms with Crippen LogP contribution in [0.25, 0.3) is 0 Å². The maximum absolute atomic E-state index is 11.2. The van der Waals surface area contributed by atoms with Crippen LogP contribution in [-0.2, 0) is 0 Å². The van der Waals surface area contributed by atoms with Crippen LogP contribution in [0.1, 0.15) is 42.5 Å². The van der Waals surface area contributed by atoms with Crippen molar-refractivity contribution >= 4 is 27.6 Å². The SMILES string of the molecule is O=C(O)c1cc(Br)ccc1NCC1CCCCC1. The third-order valence-electron chi connectivity index (χ3n) is 3.52. The molecule has 1 aliphatic carbocycles. The van der Waals surface area contributed by atoms with Crippen molar-refractivity contribution in [3.8, 4) is 0 Å². The molecule has 0 spiro atoms. The molecule has 1 aliphatic rings. The number of halogens is 1. The summed E-state index contributed by atoms with van der Waals surface area (Å²) >= 11 is 3.30. The Kier molecular flexibility index (Phi) is 4.64. The topological polar surface area (TPSA) is 49.3 Å². The molecule has 0 heterocycles. The van der Waals surface area contributed by atoms with Crippen molar-refractivity contribution in [2.45, 2.75) is 32.1 Å². The first-order valence-corrected chi connectivity index (χ1v) is 7.23. The summed E-state index contributed by atoms with van der Waals surface area (Å²) in [6, 6.07) is 5.34. The third-order valence-corrected chi connectivity index (χ3v) is 4.01. The van der Waals surface area contributed by atoms with Crippen LogP contribution in [0.15, 0.2) is 22.7 Å². The highest BCUT2D eigenvalue weighted by Gasteiger charge is 2.15. The highest BCUT2D eigenvalue weighted by molar-refractivity contribution is 9.10. The lowest BCUT2D eigenvalue weighted by Gasteiger charge is -2.22. The molecule has 2 N–H and O–H groups in total. The molecule has 0 unspecified atom stereocenters. The van der Waals surface area contributed by atoms with Gasteiger partial charge in [-0.1, -0.05) is 35.2 Å². The maximum atomic E-state index is 11.2. The van der Waals surface area contributed by atoms with Gasteiger partial charge in [0, 0.05) is 16.7 Å². The van der Waals surface area contributed by atoms with Gasteiger partial charge in [0.25, 0.3) is 0 Å². The van der Waals surface area contributed by atoms with E-state index in [0.29, 0.717) is 11.5 Å². The van der Waals surface area contributed by atoms with Gasteiger partial charge in [0.2, 0.25) is 0 Å². The first-order chi connectivity index (χ1) is 8.66. The Bertz CT molecular complexity index is 428. The Labute approximate surface area is 116 Å². The van der Waals surface area contributed by atoms with E-state index in [1.807, 2.05) is 12.1 Å². The average Bonchev–Trinajstić information content (AvgIpc) is 2.38. The van der Waals surface area contributed by atoms with E-state index in [2.05, 4.69) is 21.2 Å². The Morgan fingerprint density at radius 3 is 2.72 bits per heavy atom. The molecular formula is C14H18BrNO2. The number of hydrogen-bond acceptors (Lipinski definition) is 2. The molecule has 0 aliphatic heterocycles. The Balaban J connectivity index is 2.01. The lowest BCUT2D eigenvalue weighted by atomic mass is 9.89. The lowest BCUT2D eigenvalue weighted by molar-refractivity contribution is 0.0698. The molecule has 0 atom stereocenters. The lowest BCUT2D eigenvalue weighted by Crippen LogP contribution is -2.18. The molecule has 18 heavy (non-hydrogen) atoms. The molecule has 1 saturated carbocycles. The zero-order valence-corrected chi connectivity index (χ0v) is 11.9. The second-order valence-corrected chi connectivity index (χ2v) is 5.80. The number of rotatable bonds is 4. The molecule has 1 aromatic rings. The summed E-state index contributed by atoms with van der Waals surface area (Å²) in [6.07, 6.45) is 6.46. The Morgan fingerprint density at radius 2 is 2.06 bits per heavy atom.